The summed E-state index contributed by atoms with van der Waals surface area (Å²) in [4.78, 5) is 18.0. The fourth-order valence-electron chi connectivity index (χ4n) is 3.20. The second-order valence-electron chi connectivity index (χ2n) is 7.53. The lowest BCUT2D eigenvalue weighted by Crippen LogP contribution is -2.37. The average molecular weight is 419 g/mol. The van der Waals surface area contributed by atoms with E-state index >= 15 is 0 Å². The molecule has 0 spiro atoms. The van der Waals surface area contributed by atoms with Gasteiger partial charge in [0.25, 0.3) is 5.91 Å². The van der Waals surface area contributed by atoms with Crippen LogP contribution < -0.4 is 10.6 Å². The summed E-state index contributed by atoms with van der Waals surface area (Å²) in [6.45, 7) is 2.11. The number of aromatic nitrogens is 2. The maximum atomic E-state index is 12.1. The number of aliphatic imine (C=N–C) groups is 1. The van der Waals surface area contributed by atoms with Gasteiger partial charge in [-0.2, -0.15) is 5.10 Å². The first-order chi connectivity index (χ1) is 15.0. The Balaban J connectivity index is 1.45. The van der Waals surface area contributed by atoms with Crippen LogP contribution in [0.1, 0.15) is 27.0 Å². The van der Waals surface area contributed by atoms with E-state index in [2.05, 4.69) is 32.9 Å². The molecule has 1 heterocycles. The largest absolute Gasteiger partial charge is 0.356 e. The van der Waals surface area contributed by atoms with E-state index in [4.69, 9.17) is 0 Å². The Hall–Kier alpha value is -3.61. The molecule has 2 N–H and O–H groups in total. The van der Waals surface area contributed by atoms with Crippen LogP contribution in [-0.2, 0) is 19.5 Å². The van der Waals surface area contributed by atoms with Crippen LogP contribution in [-0.4, -0.2) is 54.2 Å². The van der Waals surface area contributed by atoms with Crippen LogP contribution in [0.3, 0.4) is 0 Å². The van der Waals surface area contributed by atoms with E-state index in [1.165, 1.54) is 5.56 Å². The molecule has 7 heteroatoms. The minimum atomic E-state index is 0.0140. The zero-order chi connectivity index (χ0) is 22.1. The average Bonchev–Trinajstić information content (AvgIpc) is 3.23. The monoisotopic (exact) mass is 418 g/mol. The Labute approximate surface area is 183 Å². The minimum Gasteiger partial charge on any atom is -0.356 e. The quantitative estimate of drug-likeness (QED) is 0.436. The summed E-state index contributed by atoms with van der Waals surface area (Å²) in [5.41, 5.74) is 4.13. The highest BCUT2D eigenvalue weighted by Crippen LogP contribution is 2.08. The van der Waals surface area contributed by atoms with Gasteiger partial charge in [-0.1, -0.05) is 42.5 Å². The molecule has 0 saturated carbocycles. The molecule has 2 aromatic carbocycles. The van der Waals surface area contributed by atoms with Crippen LogP contribution >= 0.6 is 0 Å². The van der Waals surface area contributed by atoms with E-state index in [9.17, 15) is 4.79 Å². The molecule has 0 bridgehead atoms. The van der Waals surface area contributed by atoms with Crippen LogP contribution in [0.4, 0.5) is 0 Å². The maximum absolute atomic E-state index is 12.1. The molecule has 0 atom stereocenters. The molecule has 3 rings (SSSR count). The Morgan fingerprint density at radius 2 is 1.81 bits per heavy atom. The van der Waals surface area contributed by atoms with Crippen molar-refractivity contribution in [1.82, 2.24) is 25.3 Å². The van der Waals surface area contributed by atoms with Gasteiger partial charge in [0.15, 0.2) is 5.96 Å². The van der Waals surface area contributed by atoms with E-state index in [0.717, 1.165) is 30.1 Å². The third-order valence-electron chi connectivity index (χ3n) is 4.84. The lowest BCUT2D eigenvalue weighted by atomic mass is 10.1. The molecule has 0 aliphatic heterocycles. The van der Waals surface area contributed by atoms with Gasteiger partial charge in [-0.3, -0.25) is 14.5 Å². The first-order valence-corrected chi connectivity index (χ1v) is 10.4. The third kappa shape index (κ3) is 6.70. The number of nitrogens with one attached hydrogen (secondary N) is 2. The van der Waals surface area contributed by atoms with Crippen molar-refractivity contribution in [1.29, 1.82) is 0 Å². The van der Waals surface area contributed by atoms with Gasteiger partial charge in [0.1, 0.15) is 0 Å². The lowest BCUT2D eigenvalue weighted by Gasteiger charge is -2.13. The topological polar surface area (TPSA) is 74.6 Å². The van der Waals surface area contributed by atoms with Crippen LogP contribution in [0.15, 0.2) is 72.0 Å². The number of carbonyl (C=O) groups excluding carboxylic acids is 1. The van der Waals surface area contributed by atoms with Crippen LogP contribution in [0.2, 0.25) is 0 Å². The molecular formula is C24H30N6O. The Morgan fingerprint density at radius 1 is 1.03 bits per heavy atom. The Bertz CT molecular complexity index is 1010. The van der Waals surface area contributed by atoms with Crippen LogP contribution in [0.25, 0.3) is 0 Å². The summed E-state index contributed by atoms with van der Waals surface area (Å²) in [6.07, 6.45) is 4.71. The van der Waals surface area contributed by atoms with Gasteiger partial charge in [0.05, 0.1) is 12.7 Å². The van der Waals surface area contributed by atoms with Crippen molar-refractivity contribution in [2.24, 2.45) is 4.99 Å². The van der Waals surface area contributed by atoms with Gasteiger partial charge in [0, 0.05) is 51.6 Å². The van der Waals surface area contributed by atoms with Gasteiger partial charge in [-0.15, -0.1) is 0 Å². The van der Waals surface area contributed by atoms with E-state index in [-0.39, 0.29) is 5.91 Å². The summed E-state index contributed by atoms with van der Waals surface area (Å²) < 4.78 is 1.94. The number of hydrogen-bond donors (Lipinski definition) is 2. The number of guanidine groups is 1. The maximum Gasteiger partial charge on any atom is 0.253 e. The van der Waals surface area contributed by atoms with E-state index in [0.29, 0.717) is 18.7 Å². The Morgan fingerprint density at radius 3 is 2.55 bits per heavy atom. The zero-order valence-electron chi connectivity index (χ0n) is 18.4. The molecule has 0 saturated heterocycles. The van der Waals surface area contributed by atoms with Crippen molar-refractivity contribution in [3.8, 4) is 0 Å². The molecule has 0 radical (unpaired) electrons. The second kappa shape index (κ2) is 11.0. The van der Waals surface area contributed by atoms with Crippen molar-refractivity contribution in [3.05, 3.63) is 89.2 Å². The zero-order valence-corrected chi connectivity index (χ0v) is 18.4. The molecular weight excluding hydrogens is 388 g/mol. The molecule has 0 aliphatic carbocycles. The summed E-state index contributed by atoms with van der Waals surface area (Å²) in [5.74, 6) is 0.747. The second-order valence-corrected chi connectivity index (χ2v) is 7.53. The number of rotatable bonds is 8. The van der Waals surface area contributed by atoms with Crippen molar-refractivity contribution in [2.45, 2.75) is 19.5 Å². The highest BCUT2D eigenvalue weighted by Gasteiger charge is 2.08. The summed E-state index contributed by atoms with van der Waals surface area (Å²) in [6, 6.07) is 18.0. The van der Waals surface area contributed by atoms with Crippen molar-refractivity contribution in [2.75, 3.05) is 27.7 Å². The molecule has 31 heavy (non-hydrogen) atoms. The van der Waals surface area contributed by atoms with E-state index in [1.54, 1.807) is 26.0 Å². The molecule has 0 aliphatic rings. The molecule has 1 amide bonds. The standard InChI is InChI=1S/C24H30N6O/c1-25-24(26-13-12-19-10-7-11-22(14-19)23(31)29(2)3)27-15-21-16-28-30(18-21)17-20-8-5-4-6-9-20/h4-11,14,16,18H,12-13,15,17H2,1-3H3,(H2,25,26,27). The van der Waals surface area contributed by atoms with Crippen molar-refractivity contribution >= 4 is 11.9 Å². The summed E-state index contributed by atoms with van der Waals surface area (Å²) in [5, 5.41) is 11.1. The van der Waals surface area contributed by atoms with Crippen molar-refractivity contribution in [3.63, 3.8) is 0 Å². The molecule has 3 aromatic rings. The van der Waals surface area contributed by atoms with Gasteiger partial charge in [-0.25, -0.2) is 0 Å². The highest BCUT2D eigenvalue weighted by atomic mass is 16.2. The summed E-state index contributed by atoms with van der Waals surface area (Å²) >= 11 is 0. The molecule has 0 unspecified atom stereocenters. The first-order valence-electron chi connectivity index (χ1n) is 10.4. The molecule has 1 aromatic heterocycles. The van der Waals surface area contributed by atoms with E-state index in [1.807, 2.05) is 59.5 Å². The normalized spacial score (nSPS) is 11.3. The Kier molecular flexibility index (Phi) is 7.81. The first kappa shape index (κ1) is 22.1. The molecule has 0 fully saturated rings. The van der Waals surface area contributed by atoms with Crippen LogP contribution in [0, 0.1) is 0 Å². The fourth-order valence-corrected chi connectivity index (χ4v) is 3.20. The van der Waals surface area contributed by atoms with Gasteiger partial charge < -0.3 is 15.5 Å². The predicted molar refractivity (Wildman–Crippen MR) is 124 cm³/mol. The summed E-state index contributed by atoms with van der Waals surface area (Å²) in [7, 11) is 5.28. The minimum absolute atomic E-state index is 0.0140. The highest BCUT2D eigenvalue weighted by molar-refractivity contribution is 5.94. The molecule has 162 valence electrons. The lowest BCUT2D eigenvalue weighted by molar-refractivity contribution is 0.0827. The number of hydrogen-bond acceptors (Lipinski definition) is 3. The number of carbonyl (C=O) groups is 1. The SMILES string of the molecule is CN=C(NCCc1cccc(C(=O)N(C)C)c1)NCc1cnn(Cc2ccccc2)c1. The van der Waals surface area contributed by atoms with Crippen LogP contribution in [0.5, 0.6) is 0 Å². The fraction of sp³-hybridized carbons (Fsp3) is 0.292. The third-order valence-corrected chi connectivity index (χ3v) is 4.84. The van der Waals surface area contributed by atoms with E-state index < -0.39 is 0 Å². The predicted octanol–water partition coefficient (Wildman–Crippen LogP) is 2.54. The van der Waals surface area contributed by atoms with Gasteiger partial charge in [-0.05, 0) is 29.7 Å². The number of amides is 1. The van der Waals surface area contributed by atoms with Gasteiger partial charge >= 0.3 is 0 Å². The van der Waals surface area contributed by atoms with Crippen molar-refractivity contribution < 1.29 is 4.79 Å². The smallest absolute Gasteiger partial charge is 0.253 e. The number of nitrogens with zero attached hydrogens (tertiary/aromatic N) is 4. The number of benzene rings is 2. The molecule has 7 nitrogen and oxygen atoms in total. The van der Waals surface area contributed by atoms with Gasteiger partial charge in [0.2, 0.25) is 0 Å².